The molecule has 0 radical (unpaired) electrons. The van der Waals surface area contributed by atoms with Crippen LogP contribution in [0.1, 0.15) is 15.2 Å². The molecule has 1 saturated heterocycles. The molecule has 3 aromatic rings. The predicted molar refractivity (Wildman–Crippen MR) is 114 cm³/mol. The van der Waals surface area contributed by atoms with E-state index in [1.165, 1.54) is 11.3 Å². The van der Waals surface area contributed by atoms with Gasteiger partial charge in [-0.15, -0.1) is 11.3 Å². The summed E-state index contributed by atoms with van der Waals surface area (Å²) in [7, 11) is 0. The average Bonchev–Trinajstić information content (AvgIpc) is 3.17. The summed E-state index contributed by atoms with van der Waals surface area (Å²) in [6.45, 7) is 4.88. The normalized spacial score (nSPS) is 14.1. The lowest BCUT2D eigenvalue weighted by Gasteiger charge is -2.28. The minimum absolute atomic E-state index is 0.0709. The number of carbonyl (C=O) groups excluding carboxylic acids is 1. The van der Waals surface area contributed by atoms with Crippen molar-refractivity contribution >= 4 is 27.9 Å². The zero-order valence-corrected chi connectivity index (χ0v) is 16.5. The lowest BCUT2D eigenvalue weighted by molar-refractivity contribution is 0.103. The second kappa shape index (κ2) is 8.04. The topological polar surface area (TPSA) is 61.8 Å². The van der Waals surface area contributed by atoms with Gasteiger partial charge in [-0.1, -0.05) is 36.4 Å². The number of rotatable bonds is 4. The number of aryl methyl sites for hydroxylation is 1. The van der Waals surface area contributed by atoms with E-state index in [1.54, 1.807) is 12.1 Å². The van der Waals surface area contributed by atoms with Gasteiger partial charge in [0.2, 0.25) is 0 Å². The molecule has 4 rings (SSSR count). The molecule has 1 aliphatic heterocycles. The third-order valence-electron chi connectivity index (χ3n) is 4.72. The van der Waals surface area contributed by atoms with Gasteiger partial charge in [0.15, 0.2) is 0 Å². The Kier molecular flexibility index (Phi) is 5.32. The summed E-state index contributed by atoms with van der Waals surface area (Å²) in [6, 6.07) is 17.2. The quantitative estimate of drug-likeness (QED) is 0.639. The van der Waals surface area contributed by atoms with Crippen LogP contribution in [0.3, 0.4) is 0 Å². The number of hydrogen-bond donors (Lipinski definition) is 2. The minimum Gasteiger partial charge on any atom is -0.506 e. The molecule has 28 heavy (non-hydrogen) atoms. The molecule has 0 aliphatic carbocycles. The van der Waals surface area contributed by atoms with Gasteiger partial charge in [-0.05, 0) is 36.2 Å². The number of nitrogens with one attached hydrogen (secondary N) is 1. The van der Waals surface area contributed by atoms with Gasteiger partial charge in [0, 0.05) is 18.7 Å². The first-order valence-electron chi connectivity index (χ1n) is 9.25. The fourth-order valence-electron chi connectivity index (χ4n) is 3.25. The number of nitrogens with zero attached hydrogens (tertiary/aromatic N) is 1. The summed E-state index contributed by atoms with van der Waals surface area (Å²) < 4.78 is 5.48. The third kappa shape index (κ3) is 3.88. The van der Waals surface area contributed by atoms with E-state index in [0.717, 1.165) is 34.8 Å². The number of phenolic OH excluding ortho intramolecular Hbond substituents is 1. The number of hydrogen-bond acceptors (Lipinski definition) is 5. The fourth-order valence-corrected chi connectivity index (χ4v) is 4.38. The van der Waals surface area contributed by atoms with Crippen LogP contribution >= 0.6 is 11.3 Å². The summed E-state index contributed by atoms with van der Waals surface area (Å²) in [4.78, 5) is 15.8. The Hall–Kier alpha value is -2.83. The number of anilines is 2. The Labute approximate surface area is 168 Å². The molecule has 0 unspecified atom stereocenters. The summed E-state index contributed by atoms with van der Waals surface area (Å²) in [5, 5.41) is 14.0. The summed E-state index contributed by atoms with van der Waals surface area (Å²) in [5.74, 6) is -0.151. The van der Waals surface area contributed by atoms with E-state index in [2.05, 4.69) is 22.3 Å². The maximum atomic E-state index is 12.9. The van der Waals surface area contributed by atoms with Crippen molar-refractivity contribution in [2.24, 2.45) is 0 Å². The molecule has 0 saturated carbocycles. The molecule has 2 aromatic carbocycles. The molecular weight excluding hydrogens is 372 g/mol. The Balaban J connectivity index is 1.67. The molecule has 0 spiro atoms. The van der Waals surface area contributed by atoms with E-state index in [0.29, 0.717) is 23.8 Å². The molecule has 1 aromatic heterocycles. The van der Waals surface area contributed by atoms with Crippen molar-refractivity contribution in [2.75, 3.05) is 36.5 Å². The molecule has 0 atom stereocenters. The second-order valence-corrected chi connectivity index (χ2v) is 7.80. The molecule has 2 N–H and O–H groups in total. The van der Waals surface area contributed by atoms with Crippen molar-refractivity contribution in [3.05, 3.63) is 65.0 Å². The minimum atomic E-state index is -0.221. The Bertz CT molecular complexity index is 979. The van der Waals surface area contributed by atoms with Crippen LogP contribution in [0.4, 0.5) is 10.7 Å². The van der Waals surface area contributed by atoms with Crippen LogP contribution < -0.4 is 10.2 Å². The molecule has 0 bridgehead atoms. The van der Waals surface area contributed by atoms with Gasteiger partial charge >= 0.3 is 0 Å². The van der Waals surface area contributed by atoms with Crippen molar-refractivity contribution < 1.29 is 14.6 Å². The van der Waals surface area contributed by atoms with Crippen molar-refractivity contribution in [1.82, 2.24) is 0 Å². The van der Waals surface area contributed by atoms with Crippen molar-refractivity contribution in [3.8, 4) is 16.9 Å². The number of carbonyl (C=O) groups is 1. The standard InChI is InChI=1S/C22H22N2O3S/c1-15-7-8-18(19(25)13-15)23-21(26)20-14-17(16-5-3-2-4-6-16)22(28-20)24-9-11-27-12-10-24/h2-8,13-14,25H,9-12H2,1H3,(H,23,26). The number of thiophene rings is 1. The van der Waals surface area contributed by atoms with E-state index in [-0.39, 0.29) is 11.7 Å². The summed E-state index contributed by atoms with van der Waals surface area (Å²) >= 11 is 1.47. The number of benzene rings is 2. The third-order valence-corrected chi connectivity index (χ3v) is 5.92. The molecule has 2 heterocycles. The zero-order chi connectivity index (χ0) is 19.5. The van der Waals surface area contributed by atoms with Gasteiger partial charge < -0.3 is 20.1 Å². The fraction of sp³-hybridized carbons (Fsp3) is 0.227. The van der Waals surface area contributed by atoms with Crippen LogP contribution in [0.2, 0.25) is 0 Å². The molecule has 5 nitrogen and oxygen atoms in total. The smallest absolute Gasteiger partial charge is 0.265 e. The number of morpholine rings is 1. The van der Waals surface area contributed by atoms with E-state index in [1.807, 2.05) is 37.3 Å². The predicted octanol–water partition coefficient (Wildman–Crippen LogP) is 4.52. The second-order valence-electron chi connectivity index (χ2n) is 6.77. The van der Waals surface area contributed by atoms with Crippen LogP contribution in [0.25, 0.3) is 11.1 Å². The number of aromatic hydroxyl groups is 1. The molecular formula is C22H22N2O3S. The average molecular weight is 394 g/mol. The highest BCUT2D eigenvalue weighted by Crippen LogP contribution is 2.40. The Morgan fingerprint density at radius 2 is 1.86 bits per heavy atom. The summed E-state index contributed by atoms with van der Waals surface area (Å²) in [6.07, 6.45) is 0. The van der Waals surface area contributed by atoms with E-state index in [9.17, 15) is 9.90 Å². The monoisotopic (exact) mass is 394 g/mol. The molecule has 144 valence electrons. The van der Waals surface area contributed by atoms with Crippen LogP contribution in [0, 0.1) is 6.92 Å². The van der Waals surface area contributed by atoms with Crippen LogP contribution in [-0.4, -0.2) is 37.3 Å². The highest BCUT2D eigenvalue weighted by molar-refractivity contribution is 7.18. The molecule has 1 amide bonds. The first kappa shape index (κ1) is 18.5. The zero-order valence-electron chi connectivity index (χ0n) is 15.6. The van der Waals surface area contributed by atoms with Gasteiger partial charge in [0.05, 0.1) is 28.8 Å². The van der Waals surface area contributed by atoms with Gasteiger partial charge in [-0.25, -0.2) is 0 Å². The molecule has 6 heteroatoms. The lowest BCUT2D eigenvalue weighted by Crippen LogP contribution is -2.35. The summed E-state index contributed by atoms with van der Waals surface area (Å²) in [5.41, 5.74) is 3.48. The number of ether oxygens (including phenoxy) is 1. The maximum Gasteiger partial charge on any atom is 0.265 e. The van der Waals surface area contributed by atoms with E-state index < -0.39 is 0 Å². The van der Waals surface area contributed by atoms with Gasteiger partial charge in [-0.2, -0.15) is 0 Å². The maximum absolute atomic E-state index is 12.9. The highest BCUT2D eigenvalue weighted by atomic mass is 32.1. The molecule has 1 fully saturated rings. The van der Waals surface area contributed by atoms with Crippen molar-refractivity contribution in [2.45, 2.75) is 6.92 Å². The number of phenols is 1. The first-order valence-corrected chi connectivity index (χ1v) is 10.1. The van der Waals surface area contributed by atoms with Crippen LogP contribution in [0.15, 0.2) is 54.6 Å². The first-order chi connectivity index (χ1) is 13.6. The van der Waals surface area contributed by atoms with Crippen molar-refractivity contribution in [3.63, 3.8) is 0 Å². The Morgan fingerprint density at radius 1 is 1.11 bits per heavy atom. The largest absolute Gasteiger partial charge is 0.506 e. The lowest BCUT2D eigenvalue weighted by atomic mass is 10.1. The molecule has 1 aliphatic rings. The van der Waals surface area contributed by atoms with Gasteiger partial charge in [0.25, 0.3) is 5.91 Å². The van der Waals surface area contributed by atoms with Gasteiger partial charge in [0.1, 0.15) is 5.75 Å². The van der Waals surface area contributed by atoms with E-state index >= 15 is 0 Å². The number of amides is 1. The van der Waals surface area contributed by atoms with Crippen molar-refractivity contribution in [1.29, 1.82) is 0 Å². The SMILES string of the molecule is Cc1ccc(NC(=O)c2cc(-c3ccccc3)c(N3CCOCC3)s2)c(O)c1. The van der Waals surface area contributed by atoms with E-state index in [4.69, 9.17) is 4.74 Å². The highest BCUT2D eigenvalue weighted by Gasteiger charge is 2.22. The van der Waals surface area contributed by atoms with Crippen LogP contribution in [0.5, 0.6) is 5.75 Å². The van der Waals surface area contributed by atoms with Gasteiger partial charge in [-0.3, -0.25) is 4.79 Å². The Morgan fingerprint density at radius 3 is 2.57 bits per heavy atom. The van der Waals surface area contributed by atoms with Crippen LogP contribution in [-0.2, 0) is 4.74 Å².